The molecule has 0 saturated carbocycles. The Labute approximate surface area is 106 Å². The Hall–Kier alpha value is -2.16. The first-order chi connectivity index (χ1) is 8.74. The number of nitrogens with one attached hydrogen (secondary N) is 1. The van der Waals surface area contributed by atoms with Crippen LogP contribution >= 0.6 is 0 Å². The fourth-order valence-electron chi connectivity index (χ4n) is 2.09. The maximum absolute atomic E-state index is 4.12. The molecule has 0 saturated heterocycles. The van der Waals surface area contributed by atoms with Gasteiger partial charge in [-0.3, -0.25) is 0 Å². The van der Waals surface area contributed by atoms with E-state index in [0.29, 0.717) is 5.92 Å². The zero-order valence-electron chi connectivity index (χ0n) is 10.5. The topological polar surface area (TPSA) is 41.6 Å². The predicted octanol–water partition coefficient (Wildman–Crippen LogP) is 3.75. The van der Waals surface area contributed by atoms with Gasteiger partial charge in [0.2, 0.25) is 0 Å². The molecule has 18 heavy (non-hydrogen) atoms. The standard InChI is InChI=1S/C15H15N3/c1-10(2)11-5-6-13-12(8-11)9-15(17-13)14-4-3-7-16-18-14/h3-10,17H,1-2H3. The van der Waals surface area contributed by atoms with Crippen molar-refractivity contribution in [2.75, 3.05) is 0 Å². The van der Waals surface area contributed by atoms with Gasteiger partial charge in [0.1, 0.15) is 5.69 Å². The van der Waals surface area contributed by atoms with Gasteiger partial charge < -0.3 is 4.98 Å². The minimum atomic E-state index is 0.546. The van der Waals surface area contributed by atoms with Crippen LogP contribution < -0.4 is 0 Å². The molecule has 3 heteroatoms. The minimum Gasteiger partial charge on any atom is -0.353 e. The van der Waals surface area contributed by atoms with E-state index in [-0.39, 0.29) is 0 Å². The number of benzene rings is 1. The molecule has 0 fully saturated rings. The van der Waals surface area contributed by atoms with E-state index in [1.54, 1.807) is 6.20 Å². The number of nitrogens with zero attached hydrogens (tertiary/aromatic N) is 2. The second kappa shape index (κ2) is 4.26. The summed E-state index contributed by atoms with van der Waals surface area (Å²) in [5.41, 5.74) is 4.38. The molecule has 0 spiro atoms. The first kappa shape index (κ1) is 11.0. The normalized spacial score (nSPS) is 11.3. The quantitative estimate of drug-likeness (QED) is 0.737. The molecule has 0 bridgehead atoms. The third-order valence-corrected chi connectivity index (χ3v) is 3.16. The lowest BCUT2D eigenvalue weighted by molar-refractivity contribution is 0.869. The highest BCUT2D eigenvalue weighted by Gasteiger charge is 2.06. The zero-order chi connectivity index (χ0) is 12.5. The monoisotopic (exact) mass is 237 g/mol. The first-order valence-electron chi connectivity index (χ1n) is 6.15. The van der Waals surface area contributed by atoms with Gasteiger partial charge in [0, 0.05) is 17.1 Å². The van der Waals surface area contributed by atoms with Gasteiger partial charge in [0.25, 0.3) is 0 Å². The Morgan fingerprint density at radius 1 is 1.11 bits per heavy atom. The van der Waals surface area contributed by atoms with Crippen molar-refractivity contribution < 1.29 is 0 Å². The Morgan fingerprint density at radius 3 is 2.72 bits per heavy atom. The van der Waals surface area contributed by atoms with E-state index in [2.05, 4.69) is 53.3 Å². The lowest BCUT2D eigenvalue weighted by Crippen LogP contribution is -1.85. The molecule has 1 N–H and O–H groups in total. The Bertz CT molecular complexity index is 669. The average Bonchev–Trinajstić information content (AvgIpc) is 2.82. The molecular weight excluding hydrogens is 222 g/mol. The molecule has 0 radical (unpaired) electrons. The van der Waals surface area contributed by atoms with Gasteiger partial charge in [0.05, 0.1) is 5.69 Å². The number of aromatic amines is 1. The van der Waals surface area contributed by atoms with E-state index in [1.165, 1.54) is 10.9 Å². The number of hydrogen-bond acceptors (Lipinski definition) is 2. The van der Waals surface area contributed by atoms with Crippen LogP contribution in [0, 0.1) is 0 Å². The van der Waals surface area contributed by atoms with Gasteiger partial charge in [-0.05, 0) is 41.8 Å². The molecule has 2 heterocycles. The lowest BCUT2D eigenvalue weighted by Gasteiger charge is -2.03. The van der Waals surface area contributed by atoms with Gasteiger partial charge in [-0.1, -0.05) is 19.9 Å². The van der Waals surface area contributed by atoms with Crippen molar-refractivity contribution in [3.8, 4) is 11.4 Å². The maximum Gasteiger partial charge on any atom is 0.109 e. The molecule has 0 aliphatic rings. The summed E-state index contributed by atoms with van der Waals surface area (Å²) in [4.78, 5) is 3.38. The molecule has 0 amide bonds. The molecule has 90 valence electrons. The highest BCUT2D eigenvalue weighted by Crippen LogP contribution is 2.25. The maximum atomic E-state index is 4.12. The Kier molecular flexibility index (Phi) is 2.59. The van der Waals surface area contributed by atoms with Crippen LogP contribution in [0.1, 0.15) is 25.3 Å². The van der Waals surface area contributed by atoms with Crippen LogP contribution in [-0.2, 0) is 0 Å². The van der Waals surface area contributed by atoms with Crippen molar-refractivity contribution in [3.05, 3.63) is 48.2 Å². The molecule has 0 aliphatic heterocycles. The summed E-state index contributed by atoms with van der Waals surface area (Å²) < 4.78 is 0. The van der Waals surface area contributed by atoms with Crippen molar-refractivity contribution in [1.82, 2.24) is 15.2 Å². The number of aromatic nitrogens is 3. The van der Waals surface area contributed by atoms with E-state index in [4.69, 9.17) is 0 Å². The van der Waals surface area contributed by atoms with Crippen LogP contribution in [0.15, 0.2) is 42.6 Å². The highest BCUT2D eigenvalue weighted by molar-refractivity contribution is 5.85. The first-order valence-corrected chi connectivity index (χ1v) is 6.15. The van der Waals surface area contributed by atoms with Crippen LogP contribution in [0.3, 0.4) is 0 Å². The summed E-state index contributed by atoms with van der Waals surface area (Å²) in [6.07, 6.45) is 1.68. The van der Waals surface area contributed by atoms with Gasteiger partial charge in [-0.2, -0.15) is 5.10 Å². The zero-order valence-corrected chi connectivity index (χ0v) is 10.5. The molecule has 0 unspecified atom stereocenters. The van der Waals surface area contributed by atoms with Crippen molar-refractivity contribution in [1.29, 1.82) is 0 Å². The molecule has 3 nitrogen and oxygen atoms in total. The van der Waals surface area contributed by atoms with Gasteiger partial charge >= 0.3 is 0 Å². The summed E-state index contributed by atoms with van der Waals surface area (Å²) >= 11 is 0. The van der Waals surface area contributed by atoms with E-state index < -0.39 is 0 Å². The van der Waals surface area contributed by atoms with Gasteiger partial charge in [-0.25, -0.2) is 0 Å². The van der Waals surface area contributed by atoms with Gasteiger partial charge in [0.15, 0.2) is 0 Å². The van der Waals surface area contributed by atoms with Gasteiger partial charge in [-0.15, -0.1) is 5.10 Å². The summed E-state index contributed by atoms with van der Waals surface area (Å²) in [6, 6.07) is 12.5. The van der Waals surface area contributed by atoms with Crippen LogP contribution in [0.4, 0.5) is 0 Å². The number of rotatable bonds is 2. The van der Waals surface area contributed by atoms with Crippen molar-refractivity contribution in [2.45, 2.75) is 19.8 Å². The molecule has 0 aliphatic carbocycles. The molecule has 1 aromatic carbocycles. The fourth-order valence-corrected chi connectivity index (χ4v) is 2.09. The lowest BCUT2D eigenvalue weighted by atomic mass is 10.0. The number of hydrogen-bond donors (Lipinski definition) is 1. The third-order valence-electron chi connectivity index (χ3n) is 3.16. The molecule has 2 aromatic heterocycles. The SMILES string of the molecule is CC(C)c1ccc2[nH]c(-c3cccnn3)cc2c1. The van der Waals surface area contributed by atoms with E-state index in [1.807, 2.05) is 12.1 Å². The molecule has 0 atom stereocenters. The van der Waals surface area contributed by atoms with Crippen molar-refractivity contribution >= 4 is 10.9 Å². The predicted molar refractivity (Wildman–Crippen MR) is 73.4 cm³/mol. The van der Waals surface area contributed by atoms with Crippen molar-refractivity contribution in [2.24, 2.45) is 0 Å². The Morgan fingerprint density at radius 2 is 2.00 bits per heavy atom. The number of fused-ring (bicyclic) bond motifs is 1. The summed E-state index contributed by atoms with van der Waals surface area (Å²) in [6.45, 7) is 4.41. The second-order valence-corrected chi connectivity index (χ2v) is 4.79. The van der Waals surface area contributed by atoms with Crippen LogP contribution in [0.5, 0.6) is 0 Å². The van der Waals surface area contributed by atoms with Crippen LogP contribution in [0.2, 0.25) is 0 Å². The molecule has 3 aromatic rings. The number of H-pyrrole nitrogens is 1. The summed E-state index contributed by atoms with van der Waals surface area (Å²) in [5.74, 6) is 0.546. The minimum absolute atomic E-state index is 0.546. The van der Waals surface area contributed by atoms with Crippen molar-refractivity contribution in [3.63, 3.8) is 0 Å². The summed E-state index contributed by atoms with van der Waals surface area (Å²) in [5, 5.41) is 9.25. The van der Waals surface area contributed by atoms with E-state index in [9.17, 15) is 0 Å². The van der Waals surface area contributed by atoms with Crippen LogP contribution in [-0.4, -0.2) is 15.2 Å². The van der Waals surface area contributed by atoms with Crippen LogP contribution in [0.25, 0.3) is 22.3 Å². The molecular formula is C15H15N3. The largest absolute Gasteiger partial charge is 0.353 e. The highest BCUT2D eigenvalue weighted by atomic mass is 15.1. The van der Waals surface area contributed by atoms with E-state index in [0.717, 1.165) is 16.9 Å². The summed E-state index contributed by atoms with van der Waals surface area (Å²) in [7, 11) is 0. The molecule has 3 rings (SSSR count). The smallest absolute Gasteiger partial charge is 0.109 e. The fraction of sp³-hybridized carbons (Fsp3) is 0.200. The average molecular weight is 237 g/mol. The Balaban J connectivity index is 2.11. The van der Waals surface area contributed by atoms with E-state index >= 15 is 0 Å². The third kappa shape index (κ3) is 1.88. The second-order valence-electron chi connectivity index (χ2n) is 4.79.